The van der Waals surface area contributed by atoms with E-state index in [1.165, 1.54) is 32.2 Å². The highest BCUT2D eigenvalue weighted by atomic mass is 15.1. The molecule has 1 aliphatic carbocycles. The minimum atomic E-state index is 0.429. The summed E-state index contributed by atoms with van der Waals surface area (Å²) in [5.41, 5.74) is 0.429. The van der Waals surface area contributed by atoms with Gasteiger partial charge in [-0.1, -0.05) is 45.8 Å². The zero-order valence-electron chi connectivity index (χ0n) is 14.5. The van der Waals surface area contributed by atoms with Crippen molar-refractivity contribution in [2.24, 2.45) is 17.3 Å². The second-order valence-corrected chi connectivity index (χ2v) is 7.50. The van der Waals surface area contributed by atoms with E-state index < -0.39 is 0 Å². The molecular formula is C19H36N2. The van der Waals surface area contributed by atoms with Crippen molar-refractivity contribution in [3.63, 3.8) is 0 Å². The first-order valence-corrected chi connectivity index (χ1v) is 8.66. The third-order valence-corrected chi connectivity index (χ3v) is 4.57. The first-order chi connectivity index (χ1) is 10.0. The maximum absolute atomic E-state index is 3.91. The second kappa shape index (κ2) is 9.42. The van der Waals surface area contributed by atoms with Crippen LogP contribution in [0.25, 0.3) is 0 Å². The topological polar surface area (TPSA) is 15.3 Å². The third kappa shape index (κ3) is 6.80. The summed E-state index contributed by atoms with van der Waals surface area (Å²) in [6.45, 7) is 20.2. The van der Waals surface area contributed by atoms with Crippen molar-refractivity contribution in [1.29, 1.82) is 0 Å². The Kier molecular flexibility index (Phi) is 8.28. The SMILES string of the molecule is C=CCN(CC=C)CC1(CNCC(C)C)CCCC(C)C1. The zero-order valence-corrected chi connectivity index (χ0v) is 14.5. The van der Waals surface area contributed by atoms with Crippen molar-refractivity contribution in [3.05, 3.63) is 25.3 Å². The zero-order chi connectivity index (χ0) is 15.7. The van der Waals surface area contributed by atoms with Gasteiger partial charge in [0.15, 0.2) is 0 Å². The number of hydrogen-bond donors (Lipinski definition) is 1. The Bertz CT molecular complexity index is 301. The summed E-state index contributed by atoms with van der Waals surface area (Å²) >= 11 is 0. The largest absolute Gasteiger partial charge is 0.316 e. The molecule has 0 saturated heterocycles. The molecule has 0 aliphatic heterocycles. The average molecular weight is 293 g/mol. The summed E-state index contributed by atoms with van der Waals surface area (Å²) in [5, 5.41) is 3.73. The number of rotatable bonds is 10. The molecule has 21 heavy (non-hydrogen) atoms. The summed E-state index contributed by atoms with van der Waals surface area (Å²) < 4.78 is 0. The fourth-order valence-corrected chi connectivity index (χ4v) is 3.80. The molecule has 1 rings (SSSR count). The lowest BCUT2D eigenvalue weighted by Gasteiger charge is -2.43. The molecule has 0 heterocycles. The van der Waals surface area contributed by atoms with Gasteiger partial charge in [-0.3, -0.25) is 4.90 Å². The first-order valence-electron chi connectivity index (χ1n) is 8.66. The Labute approximate surface area is 132 Å². The van der Waals surface area contributed by atoms with Gasteiger partial charge in [0.2, 0.25) is 0 Å². The van der Waals surface area contributed by atoms with Crippen LogP contribution in [-0.4, -0.2) is 37.6 Å². The van der Waals surface area contributed by atoms with Gasteiger partial charge in [-0.25, -0.2) is 0 Å². The highest BCUT2D eigenvalue weighted by molar-refractivity contribution is 4.92. The van der Waals surface area contributed by atoms with E-state index in [1.54, 1.807) is 0 Å². The quantitative estimate of drug-likeness (QED) is 0.610. The summed E-state index contributed by atoms with van der Waals surface area (Å²) in [6.07, 6.45) is 9.52. The van der Waals surface area contributed by atoms with Crippen molar-refractivity contribution >= 4 is 0 Å². The van der Waals surface area contributed by atoms with Crippen molar-refractivity contribution in [1.82, 2.24) is 10.2 Å². The lowest BCUT2D eigenvalue weighted by molar-refractivity contribution is 0.0898. The molecule has 2 heteroatoms. The van der Waals surface area contributed by atoms with Crippen LogP contribution in [0, 0.1) is 17.3 Å². The lowest BCUT2D eigenvalue weighted by atomic mass is 9.69. The molecule has 0 aromatic heterocycles. The van der Waals surface area contributed by atoms with Crippen LogP contribution < -0.4 is 5.32 Å². The van der Waals surface area contributed by atoms with E-state index in [0.717, 1.165) is 38.0 Å². The van der Waals surface area contributed by atoms with E-state index in [-0.39, 0.29) is 0 Å². The fraction of sp³-hybridized carbons (Fsp3) is 0.789. The van der Waals surface area contributed by atoms with Crippen LogP contribution in [0.4, 0.5) is 0 Å². The summed E-state index contributed by atoms with van der Waals surface area (Å²) in [5.74, 6) is 1.58. The van der Waals surface area contributed by atoms with Gasteiger partial charge in [-0.15, -0.1) is 13.2 Å². The van der Waals surface area contributed by atoms with Gasteiger partial charge in [-0.2, -0.15) is 0 Å². The van der Waals surface area contributed by atoms with Crippen molar-refractivity contribution in [3.8, 4) is 0 Å². The van der Waals surface area contributed by atoms with E-state index in [1.807, 2.05) is 12.2 Å². The number of hydrogen-bond acceptors (Lipinski definition) is 2. The number of nitrogens with zero attached hydrogens (tertiary/aromatic N) is 1. The molecule has 1 saturated carbocycles. The molecular weight excluding hydrogens is 256 g/mol. The molecule has 0 aromatic rings. The van der Waals surface area contributed by atoms with Crippen LogP contribution in [-0.2, 0) is 0 Å². The monoisotopic (exact) mass is 292 g/mol. The Morgan fingerprint density at radius 2 is 1.95 bits per heavy atom. The molecule has 2 atom stereocenters. The Morgan fingerprint density at radius 1 is 1.29 bits per heavy atom. The highest BCUT2D eigenvalue weighted by Crippen LogP contribution is 2.39. The summed E-state index contributed by atoms with van der Waals surface area (Å²) in [7, 11) is 0. The maximum atomic E-state index is 3.91. The molecule has 1 N–H and O–H groups in total. The van der Waals surface area contributed by atoms with Gasteiger partial charge in [-0.05, 0) is 36.6 Å². The van der Waals surface area contributed by atoms with Crippen LogP contribution in [0.1, 0.15) is 46.5 Å². The fourth-order valence-electron chi connectivity index (χ4n) is 3.80. The van der Waals surface area contributed by atoms with Crippen LogP contribution in [0.2, 0.25) is 0 Å². The molecule has 0 bridgehead atoms. The van der Waals surface area contributed by atoms with Gasteiger partial charge >= 0.3 is 0 Å². The summed E-state index contributed by atoms with van der Waals surface area (Å²) in [4.78, 5) is 2.50. The van der Waals surface area contributed by atoms with Gasteiger partial charge in [0.25, 0.3) is 0 Å². The molecule has 122 valence electrons. The van der Waals surface area contributed by atoms with Gasteiger partial charge in [0.1, 0.15) is 0 Å². The molecule has 0 aromatic carbocycles. The normalized spacial score (nSPS) is 26.2. The molecule has 1 aliphatic rings. The van der Waals surface area contributed by atoms with Gasteiger partial charge in [0, 0.05) is 26.2 Å². The summed E-state index contributed by atoms with van der Waals surface area (Å²) in [6, 6.07) is 0. The predicted molar refractivity (Wildman–Crippen MR) is 94.6 cm³/mol. The first kappa shape index (κ1) is 18.4. The van der Waals surface area contributed by atoms with E-state index >= 15 is 0 Å². The van der Waals surface area contributed by atoms with E-state index in [2.05, 4.69) is 44.1 Å². The molecule has 0 radical (unpaired) electrons. The van der Waals surface area contributed by atoms with Gasteiger partial charge < -0.3 is 5.32 Å². The minimum absolute atomic E-state index is 0.429. The van der Waals surface area contributed by atoms with Crippen molar-refractivity contribution in [2.45, 2.75) is 46.5 Å². The Balaban J connectivity index is 2.69. The molecule has 0 amide bonds. The van der Waals surface area contributed by atoms with Crippen molar-refractivity contribution in [2.75, 3.05) is 32.7 Å². The molecule has 2 unspecified atom stereocenters. The average Bonchev–Trinajstić information content (AvgIpc) is 2.38. The van der Waals surface area contributed by atoms with Gasteiger partial charge in [0.05, 0.1) is 0 Å². The molecule has 1 fully saturated rings. The molecule has 0 spiro atoms. The second-order valence-electron chi connectivity index (χ2n) is 7.50. The smallest absolute Gasteiger partial charge is 0.0164 e. The molecule has 2 nitrogen and oxygen atoms in total. The van der Waals surface area contributed by atoms with E-state index in [4.69, 9.17) is 0 Å². The van der Waals surface area contributed by atoms with Crippen LogP contribution in [0.15, 0.2) is 25.3 Å². The lowest BCUT2D eigenvalue weighted by Crippen LogP contribution is -2.47. The van der Waals surface area contributed by atoms with E-state index in [9.17, 15) is 0 Å². The Morgan fingerprint density at radius 3 is 2.48 bits per heavy atom. The Hall–Kier alpha value is -0.600. The van der Waals surface area contributed by atoms with Crippen LogP contribution in [0.5, 0.6) is 0 Å². The maximum Gasteiger partial charge on any atom is 0.0164 e. The third-order valence-electron chi connectivity index (χ3n) is 4.57. The van der Waals surface area contributed by atoms with Crippen LogP contribution >= 0.6 is 0 Å². The minimum Gasteiger partial charge on any atom is -0.316 e. The predicted octanol–water partition coefficient (Wildman–Crippen LogP) is 4.10. The van der Waals surface area contributed by atoms with E-state index in [0.29, 0.717) is 5.41 Å². The van der Waals surface area contributed by atoms with Crippen LogP contribution in [0.3, 0.4) is 0 Å². The van der Waals surface area contributed by atoms with Crippen molar-refractivity contribution < 1.29 is 0 Å². The highest BCUT2D eigenvalue weighted by Gasteiger charge is 2.35. The standard InChI is InChI=1S/C19H36N2/c1-6-11-21(12-7-2)16-19(15-20-14-17(3)4)10-8-9-18(5)13-19/h6-7,17-18,20H,1-2,8-16H2,3-5H3. The number of nitrogens with one attached hydrogen (secondary N) is 1.